The normalized spacial score (nSPS) is 12.4. The van der Waals surface area contributed by atoms with Gasteiger partial charge in [-0.25, -0.2) is 24.1 Å². The number of carbonyl (C=O) groups excluding carboxylic acids is 1. The predicted molar refractivity (Wildman–Crippen MR) is 144 cm³/mol. The maximum Gasteiger partial charge on any atom is 0.416 e. The number of para-hydroxylation sites is 1. The minimum absolute atomic E-state index is 0.0986. The van der Waals surface area contributed by atoms with Crippen LogP contribution in [0, 0.1) is 6.92 Å². The first-order valence-electron chi connectivity index (χ1n) is 11.9. The van der Waals surface area contributed by atoms with Crippen LogP contribution in [0.5, 0.6) is 0 Å². The molecule has 2 N–H and O–H groups in total. The van der Waals surface area contributed by atoms with Gasteiger partial charge in [0, 0.05) is 21.7 Å². The molecule has 0 spiro atoms. The number of amides is 1. The van der Waals surface area contributed by atoms with E-state index in [0.29, 0.717) is 21.4 Å². The summed E-state index contributed by atoms with van der Waals surface area (Å²) in [5, 5.41) is 21.8. The average molecular weight is 605 g/mol. The highest BCUT2D eigenvalue weighted by molar-refractivity contribution is 7.15. The van der Waals surface area contributed by atoms with Crippen LogP contribution in [0.1, 0.15) is 21.1 Å². The van der Waals surface area contributed by atoms with Gasteiger partial charge >= 0.3 is 11.9 Å². The molecule has 0 fully saturated rings. The van der Waals surface area contributed by atoms with E-state index in [0.717, 1.165) is 14.1 Å². The van der Waals surface area contributed by atoms with Gasteiger partial charge in [0.15, 0.2) is 22.9 Å². The minimum Gasteiger partial charge on any atom is -0.382 e. The molecule has 212 valence electrons. The lowest BCUT2D eigenvalue weighted by molar-refractivity contribution is -0.207. The van der Waals surface area contributed by atoms with Crippen LogP contribution in [0.3, 0.4) is 0 Å². The number of aryl methyl sites for hydroxylation is 1. The summed E-state index contributed by atoms with van der Waals surface area (Å²) in [4.78, 5) is 35.3. The SMILES string of the molecule is Cc1cnc(NC(=O)c2ccccc2-n2cnc(Cn3nc(-c4ccc(Cl)cc4)n(C[C@H](O)C(F)(F)F)c3=O)n2)s1. The Morgan fingerprint density at radius 1 is 1.12 bits per heavy atom. The zero-order valence-electron chi connectivity index (χ0n) is 21.1. The summed E-state index contributed by atoms with van der Waals surface area (Å²) in [5.74, 6) is -0.423. The molecule has 0 saturated heterocycles. The number of rotatable bonds is 8. The Hall–Kier alpha value is -4.34. The van der Waals surface area contributed by atoms with E-state index in [1.165, 1.54) is 46.6 Å². The molecule has 16 heteroatoms. The number of anilines is 1. The van der Waals surface area contributed by atoms with Crippen molar-refractivity contribution in [2.75, 3.05) is 5.32 Å². The molecule has 0 radical (unpaired) electrons. The highest BCUT2D eigenvalue weighted by atomic mass is 35.5. The summed E-state index contributed by atoms with van der Waals surface area (Å²) in [5.41, 5.74) is 0.0797. The Labute approximate surface area is 238 Å². The van der Waals surface area contributed by atoms with Gasteiger partial charge in [-0.15, -0.1) is 21.5 Å². The number of benzene rings is 2. The summed E-state index contributed by atoms with van der Waals surface area (Å²) < 4.78 is 42.3. The second-order valence-corrected chi connectivity index (χ2v) is 10.5. The number of hydrogen-bond acceptors (Lipinski definition) is 8. The Morgan fingerprint density at radius 2 is 1.85 bits per heavy atom. The second-order valence-electron chi connectivity index (χ2n) is 8.79. The quantitative estimate of drug-likeness (QED) is 0.274. The summed E-state index contributed by atoms with van der Waals surface area (Å²) in [7, 11) is 0. The van der Waals surface area contributed by atoms with E-state index in [2.05, 4.69) is 25.5 Å². The molecule has 11 nitrogen and oxygen atoms in total. The highest BCUT2D eigenvalue weighted by Crippen LogP contribution is 2.24. The van der Waals surface area contributed by atoms with Crippen molar-refractivity contribution in [1.29, 1.82) is 0 Å². The van der Waals surface area contributed by atoms with Gasteiger partial charge in [0.1, 0.15) is 12.9 Å². The maximum absolute atomic E-state index is 13.1. The topological polar surface area (TPSA) is 133 Å². The van der Waals surface area contributed by atoms with Crippen molar-refractivity contribution in [3.05, 3.63) is 92.8 Å². The molecule has 0 unspecified atom stereocenters. The largest absolute Gasteiger partial charge is 0.416 e. The van der Waals surface area contributed by atoms with Gasteiger partial charge in [-0.3, -0.25) is 14.7 Å². The van der Waals surface area contributed by atoms with Crippen LogP contribution in [0.2, 0.25) is 5.02 Å². The van der Waals surface area contributed by atoms with Gasteiger partial charge in [0.05, 0.1) is 17.8 Å². The number of carbonyl (C=O) groups is 1. The molecule has 5 rings (SSSR count). The summed E-state index contributed by atoms with van der Waals surface area (Å²) in [6.45, 7) is 0.501. The number of hydrogen-bond donors (Lipinski definition) is 2. The number of halogens is 4. The molecule has 0 aliphatic heterocycles. The van der Waals surface area contributed by atoms with Gasteiger partial charge in [-0.05, 0) is 43.3 Å². The Balaban J connectivity index is 1.44. The Morgan fingerprint density at radius 3 is 2.54 bits per heavy atom. The molecular formula is C25H20ClF3N8O3S. The Kier molecular flexibility index (Phi) is 7.75. The van der Waals surface area contributed by atoms with Crippen LogP contribution in [0.4, 0.5) is 18.3 Å². The molecule has 2 aromatic carbocycles. The van der Waals surface area contributed by atoms with E-state index < -0.39 is 30.4 Å². The first kappa shape index (κ1) is 28.2. The summed E-state index contributed by atoms with van der Waals surface area (Å²) in [6, 6.07) is 12.6. The van der Waals surface area contributed by atoms with E-state index in [-0.39, 0.29) is 23.8 Å². The van der Waals surface area contributed by atoms with E-state index >= 15 is 0 Å². The molecular weight excluding hydrogens is 585 g/mol. The van der Waals surface area contributed by atoms with Crippen molar-refractivity contribution in [3.63, 3.8) is 0 Å². The van der Waals surface area contributed by atoms with Crippen molar-refractivity contribution < 1.29 is 23.1 Å². The molecule has 0 bridgehead atoms. The van der Waals surface area contributed by atoms with Crippen molar-refractivity contribution in [3.8, 4) is 17.1 Å². The summed E-state index contributed by atoms with van der Waals surface area (Å²) >= 11 is 7.24. The average Bonchev–Trinajstić information content (AvgIpc) is 3.64. The summed E-state index contributed by atoms with van der Waals surface area (Å²) in [6.07, 6.45) is -4.76. The molecule has 1 atom stereocenters. The molecule has 5 aromatic rings. The molecule has 0 aliphatic carbocycles. The molecule has 0 aliphatic rings. The van der Waals surface area contributed by atoms with Gasteiger partial charge < -0.3 is 5.11 Å². The highest BCUT2D eigenvalue weighted by Gasteiger charge is 2.39. The third-order valence-electron chi connectivity index (χ3n) is 5.83. The lowest BCUT2D eigenvalue weighted by Crippen LogP contribution is -2.37. The van der Waals surface area contributed by atoms with Crippen molar-refractivity contribution >= 4 is 34.0 Å². The van der Waals surface area contributed by atoms with Crippen LogP contribution in [0.25, 0.3) is 17.1 Å². The lowest BCUT2D eigenvalue weighted by Gasteiger charge is -2.15. The van der Waals surface area contributed by atoms with Gasteiger partial charge in [0.2, 0.25) is 0 Å². The molecule has 3 heterocycles. The molecule has 41 heavy (non-hydrogen) atoms. The third kappa shape index (κ3) is 6.21. The third-order valence-corrected chi connectivity index (χ3v) is 6.91. The zero-order valence-corrected chi connectivity index (χ0v) is 22.7. The smallest absolute Gasteiger partial charge is 0.382 e. The number of aliphatic hydroxyl groups excluding tert-OH is 1. The van der Waals surface area contributed by atoms with E-state index in [1.54, 1.807) is 30.5 Å². The number of nitrogens with zero attached hydrogens (tertiary/aromatic N) is 7. The van der Waals surface area contributed by atoms with Crippen molar-refractivity contribution in [1.82, 2.24) is 34.1 Å². The van der Waals surface area contributed by atoms with E-state index in [4.69, 9.17) is 11.6 Å². The van der Waals surface area contributed by atoms with E-state index in [1.807, 2.05) is 6.92 Å². The van der Waals surface area contributed by atoms with Gasteiger partial charge in [-0.2, -0.15) is 13.2 Å². The number of nitrogens with one attached hydrogen (secondary N) is 1. The predicted octanol–water partition coefficient (Wildman–Crippen LogP) is 3.93. The van der Waals surface area contributed by atoms with Crippen molar-refractivity contribution in [2.24, 2.45) is 0 Å². The molecule has 1 amide bonds. The Bertz CT molecular complexity index is 1760. The van der Waals surface area contributed by atoms with Crippen LogP contribution < -0.4 is 11.0 Å². The van der Waals surface area contributed by atoms with Crippen LogP contribution in [-0.4, -0.2) is 57.4 Å². The van der Waals surface area contributed by atoms with Crippen LogP contribution in [0.15, 0.2) is 65.8 Å². The first-order valence-corrected chi connectivity index (χ1v) is 13.1. The van der Waals surface area contributed by atoms with Gasteiger partial charge in [-0.1, -0.05) is 23.7 Å². The maximum atomic E-state index is 13.1. The van der Waals surface area contributed by atoms with Gasteiger partial charge in [0.25, 0.3) is 5.91 Å². The van der Waals surface area contributed by atoms with E-state index in [9.17, 15) is 27.9 Å². The fraction of sp³-hybridized carbons (Fsp3) is 0.200. The fourth-order valence-corrected chi connectivity index (χ4v) is 4.65. The number of thiazole rings is 1. The minimum atomic E-state index is -4.95. The standard InChI is InChI=1S/C25H20ClF3N8O3S/c1-14-10-30-23(41-14)32-22(39)17-4-2-3-5-18(17)37-13-31-20(33-37)12-36-24(40)35(11-19(38)25(27,28)29)21(34-36)15-6-8-16(26)9-7-15/h2-10,13,19,38H,11-12H2,1H3,(H,30,32,39)/t19-/m0/s1. The number of aromatic nitrogens is 7. The molecule has 0 saturated carbocycles. The lowest BCUT2D eigenvalue weighted by atomic mass is 10.1. The monoisotopic (exact) mass is 604 g/mol. The van der Waals surface area contributed by atoms with Crippen LogP contribution in [-0.2, 0) is 13.1 Å². The van der Waals surface area contributed by atoms with Crippen LogP contribution >= 0.6 is 22.9 Å². The first-order chi connectivity index (χ1) is 19.5. The molecule has 3 aromatic heterocycles. The zero-order chi connectivity index (χ0) is 29.3. The fourth-order valence-electron chi connectivity index (χ4n) is 3.86. The number of aliphatic hydroxyl groups is 1. The van der Waals surface area contributed by atoms with Crippen molar-refractivity contribution in [2.45, 2.75) is 32.3 Å². The number of alkyl halides is 3. The second kappa shape index (κ2) is 11.3.